The van der Waals surface area contributed by atoms with Crippen molar-refractivity contribution >= 4 is 29.9 Å². The molecule has 0 saturated heterocycles. The van der Waals surface area contributed by atoms with Crippen molar-refractivity contribution in [3.8, 4) is 0 Å². The Kier molecular flexibility index (Phi) is 9.89. The number of rotatable bonds is 9. The van der Waals surface area contributed by atoms with E-state index in [4.69, 9.17) is 4.99 Å². The van der Waals surface area contributed by atoms with Crippen LogP contribution in [0.2, 0.25) is 0 Å². The molecule has 1 fully saturated rings. The molecule has 1 aromatic heterocycles. The molecule has 0 atom stereocenters. The first-order valence-corrected chi connectivity index (χ1v) is 9.83. The van der Waals surface area contributed by atoms with Crippen LogP contribution in [0.3, 0.4) is 0 Å². The number of hydrogen-bond acceptors (Lipinski definition) is 3. The number of guanidine groups is 1. The molecule has 0 aromatic carbocycles. The molecule has 1 aliphatic rings. The van der Waals surface area contributed by atoms with Crippen LogP contribution >= 0.6 is 24.0 Å². The summed E-state index contributed by atoms with van der Waals surface area (Å²) in [4.78, 5) is 4.75. The van der Waals surface area contributed by atoms with E-state index in [2.05, 4.69) is 41.6 Å². The molecular formula is C19H37IN6. The topological polar surface area (TPSA) is 67.1 Å². The highest BCUT2D eigenvalue weighted by Crippen LogP contribution is 2.45. The van der Waals surface area contributed by atoms with Crippen LogP contribution in [0.1, 0.15) is 70.9 Å². The maximum absolute atomic E-state index is 4.75. The number of hydrogen-bond donors (Lipinski definition) is 2. The zero-order valence-electron chi connectivity index (χ0n) is 17.1. The first-order chi connectivity index (χ1) is 12.0. The first-order valence-electron chi connectivity index (χ1n) is 9.83. The number of nitrogens with one attached hydrogen (secondary N) is 2. The van der Waals surface area contributed by atoms with Gasteiger partial charge >= 0.3 is 0 Å². The maximum atomic E-state index is 4.75. The van der Waals surface area contributed by atoms with Gasteiger partial charge in [-0.2, -0.15) is 0 Å². The summed E-state index contributed by atoms with van der Waals surface area (Å²) in [6.45, 7) is 11.3. The van der Waals surface area contributed by atoms with E-state index in [1.165, 1.54) is 32.1 Å². The third-order valence-corrected chi connectivity index (χ3v) is 5.27. The number of nitrogens with zero attached hydrogens (tertiary/aromatic N) is 4. The van der Waals surface area contributed by atoms with E-state index < -0.39 is 0 Å². The summed E-state index contributed by atoms with van der Waals surface area (Å²) >= 11 is 0. The summed E-state index contributed by atoms with van der Waals surface area (Å²) in [5, 5.41) is 15.4. The van der Waals surface area contributed by atoms with Crippen LogP contribution in [0.4, 0.5) is 0 Å². The zero-order valence-corrected chi connectivity index (χ0v) is 19.5. The SMILES string of the molecule is CCCCNC(=NCc1nnc(C)n1C)NCC1(CC(C)C)CCC1.I. The lowest BCUT2D eigenvalue weighted by Gasteiger charge is -2.43. The van der Waals surface area contributed by atoms with E-state index >= 15 is 0 Å². The van der Waals surface area contributed by atoms with Crippen LogP contribution in [-0.2, 0) is 13.6 Å². The van der Waals surface area contributed by atoms with Gasteiger partial charge in [0, 0.05) is 20.1 Å². The summed E-state index contributed by atoms with van der Waals surface area (Å²) < 4.78 is 2.00. The van der Waals surface area contributed by atoms with Crippen LogP contribution in [0.25, 0.3) is 0 Å². The fourth-order valence-electron chi connectivity index (χ4n) is 3.56. The highest BCUT2D eigenvalue weighted by molar-refractivity contribution is 14.0. The van der Waals surface area contributed by atoms with Gasteiger partial charge < -0.3 is 15.2 Å². The van der Waals surface area contributed by atoms with Gasteiger partial charge in [-0.15, -0.1) is 34.2 Å². The van der Waals surface area contributed by atoms with Crippen molar-refractivity contribution in [2.45, 2.75) is 72.8 Å². The molecule has 0 bridgehead atoms. The summed E-state index contributed by atoms with van der Waals surface area (Å²) in [7, 11) is 1.99. The van der Waals surface area contributed by atoms with Gasteiger partial charge in [-0.3, -0.25) is 0 Å². The number of halogens is 1. The van der Waals surface area contributed by atoms with Gasteiger partial charge in [-0.05, 0) is 43.9 Å². The summed E-state index contributed by atoms with van der Waals surface area (Å²) in [5.74, 6) is 3.47. The second-order valence-corrected chi connectivity index (χ2v) is 7.97. The monoisotopic (exact) mass is 476 g/mol. The van der Waals surface area contributed by atoms with Crippen LogP contribution in [0, 0.1) is 18.3 Å². The predicted octanol–water partition coefficient (Wildman–Crippen LogP) is 3.79. The van der Waals surface area contributed by atoms with Gasteiger partial charge in [0.2, 0.25) is 0 Å². The fraction of sp³-hybridized carbons (Fsp3) is 0.842. The summed E-state index contributed by atoms with van der Waals surface area (Å²) in [6, 6.07) is 0. The number of unbranched alkanes of at least 4 members (excludes halogenated alkanes) is 1. The van der Waals surface area contributed by atoms with E-state index in [-0.39, 0.29) is 24.0 Å². The minimum atomic E-state index is 0. The molecule has 26 heavy (non-hydrogen) atoms. The molecule has 0 spiro atoms. The second kappa shape index (κ2) is 11.1. The average molecular weight is 476 g/mol. The zero-order chi connectivity index (χ0) is 18.3. The Labute approximate surface area is 176 Å². The van der Waals surface area contributed by atoms with E-state index in [1.54, 1.807) is 0 Å². The van der Waals surface area contributed by atoms with Crippen LogP contribution in [0.15, 0.2) is 4.99 Å². The standard InChI is InChI=1S/C19H36N6.HI/c1-6-7-11-20-18(21-13-17-24-23-16(4)25(17)5)22-14-19(9-8-10-19)12-15(2)3;/h15H,6-14H2,1-5H3,(H2,20,21,22);1H. The van der Waals surface area contributed by atoms with Crippen molar-refractivity contribution in [2.75, 3.05) is 13.1 Å². The van der Waals surface area contributed by atoms with Gasteiger partial charge in [0.15, 0.2) is 11.8 Å². The molecule has 6 nitrogen and oxygen atoms in total. The Morgan fingerprint density at radius 2 is 2.00 bits per heavy atom. The lowest BCUT2D eigenvalue weighted by atomic mass is 9.64. The third kappa shape index (κ3) is 6.70. The molecule has 7 heteroatoms. The minimum Gasteiger partial charge on any atom is -0.356 e. The van der Waals surface area contributed by atoms with Crippen molar-refractivity contribution < 1.29 is 0 Å². The smallest absolute Gasteiger partial charge is 0.191 e. The van der Waals surface area contributed by atoms with Crippen molar-refractivity contribution in [2.24, 2.45) is 23.4 Å². The lowest BCUT2D eigenvalue weighted by Crippen LogP contribution is -2.47. The molecule has 0 amide bonds. The summed E-state index contributed by atoms with van der Waals surface area (Å²) in [6.07, 6.45) is 7.67. The van der Waals surface area contributed by atoms with E-state index in [0.29, 0.717) is 12.0 Å². The van der Waals surface area contributed by atoms with Crippen molar-refractivity contribution in [3.63, 3.8) is 0 Å². The normalized spacial score (nSPS) is 16.2. The molecule has 0 aliphatic heterocycles. The van der Waals surface area contributed by atoms with Gasteiger partial charge in [0.05, 0.1) is 0 Å². The fourth-order valence-corrected chi connectivity index (χ4v) is 3.56. The maximum Gasteiger partial charge on any atom is 0.191 e. The Balaban J connectivity index is 0.00000338. The molecular weight excluding hydrogens is 439 g/mol. The van der Waals surface area contributed by atoms with Gasteiger partial charge in [0.25, 0.3) is 0 Å². The van der Waals surface area contributed by atoms with Crippen LogP contribution in [0.5, 0.6) is 0 Å². The van der Waals surface area contributed by atoms with Crippen molar-refractivity contribution in [1.29, 1.82) is 0 Å². The van der Waals surface area contributed by atoms with E-state index in [1.807, 2.05) is 18.5 Å². The molecule has 2 rings (SSSR count). The number of aryl methyl sites for hydroxylation is 1. The van der Waals surface area contributed by atoms with E-state index in [9.17, 15) is 0 Å². The molecule has 0 radical (unpaired) electrons. The Morgan fingerprint density at radius 1 is 1.27 bits per heavy atom. The molecule has 150 valence electrons. The van der Waals surface area contributed by atoms with Crippen LogP contribution < -0.4 is 10.6 Å². The molecule has 1 aromatic rings. The average Bonchev–Trinajstić information content (AvgIpc) is 2.85. The third-order valence-electron chi connectivity index (χ3n) is 5.27. The number of aliphatic imine (C=N–C) groups is 1. The Morgan fingerprint density at radius 3 is 2.50 bits per heavy atom. The Hall–Kier alpha value is -0.860. The Bertz CT molecular complexity index is 562. The first kappa shape index (κ1) is 23.2. The van der Waals surface area contributed by atoms with Gasteiger partial charge in [-0.25, -0.2) is 4.99 Å². The van der Waals surface area contributed by atoms with Crippen LogP contribution in [-0.4, -0.2) is 33.8 Å². The quantitative estimate of drug-likeness (QED) is 0.246. The van der Waals surface area contributed by atoms with E-state index in [0.717, 1.165) is 43.0 Å². The molecule has 1 heterocycles. The molecule has 0 unspecified atom stereocenters. The van der Waals surface area contributed by atoms with Crippen molar-refractivity contribution in [3.05, 3.63) is 11.6 Å². The van der Waals surface area contributed by atoms with Gasteiger partial charge in [0.1, 0.15) is 12.4 Å². The second-order valence-electron chi connectivity index (χ2n) is 7.97. The minimum absolute atomic E-state index is 0. The molecule has 1 saturated carbocycles. The van der Waals surface area contributed by atoms with Crippen molar-refractivity contribution in [1.82, 2.24) is 25.4 Å². The van der Waals surface area contributed by atoms with Gasteiger partial charge in [-0.1, -0.05) is 33.6 Å². The highest BCUT2D eigenvalue weighted by atomic mass is 127. The highest BCUT2D eigenvalue weighted by Gasteiger charge is 2.37. The largest absolute Gasteiger partial charge is 0.356 e. The lowest BCUT2D eigenvalue weighted by molar-refractivity contribution is 0.104. The summed E-state index contributed by atoms with van der Waals surface area (Å²) in [5.41, 5.74) is 0.461. The molecule has 1 aliphatic carbocycles. The molecule has 2 N–H and O–H groups in total. The predicted molar refractivity (Wildman–Crippen MR) is 119 cm³/mol. The number of aromatic nitrogens is 3.